The summed E-state index contributed by atoms with van der Waals surface area (Å²) in [5, 5.41) is 2.81. The van der Waals surface area contributed by atoms with Gasteiger partial charge in [-0.25, -0.2) is 0 Å². The first kappa shape index (κ1) is 15.6. The van der Waals surface area contributed by atoms with Gasteiger partial charge >= 0.3 is 0 Å². The first-order chi connectivity index (χ1) is 8.69. The fourth-order valence-corrected chi connectivity index (χ4v) is 1.86. The molecule has 1 N–H and O–H groups in total. The Kier molecular flexibility index (Phi) is 5.05. The van der Waals surface area contributed by atoms with Gasteiger partial charge < -0.3 is 10.2 Å². The van der Waals surface area contributed by atoms with E-state index in [1.54, 1.807) is 19.3 Å². The van der Waals surface area contributed by atoms with E-state index in [2.05, 4.69) is 26.2 Å². The first-order valence-corrected chi connectivity index (χ1v) is 6.65. The third-order valence-electron chi connectivity index (χ3n) is 2.19. The molecule has 0 fully saturated rings. The van der Waals surface area contributed by atoms with Gasteiger partial charge in [0.2, 0.25) is 5.91 Å². The highest BCUT2D eigenvalue weighted by Gasteiger charge is 2.18. The highest BCUT2D eigenvalue weighted by atomic mass is 79.9. The third kappa shape index (κ3) is 5.38. The Labute approximate surface area is 121 Å². The van der Waals surface area contributed by atoms with Crippen LogP contribution in [-0.2, 0) is 4.79 Å². The van der Waals surface area contributed by atoms with Crippen molar-refractivity contribution in [2.45, 2.75) is 26.3 Å². The SMILES string of the molecule is CN(CC(=O)NC(C)(C)C)C(=O)c1cncc(Br)c1. The van der Waals surface area contributed by atoms with E-state index in [9.17, 15) is 9.59 Å². The molecule has 1 aromatic rings. The zero-order chi connectivity index (χ0) is 14.6. The molecular weight excluding hydrogens is 310 g/mol. The molecule has 0 spiro atoms. The van der Waals surface area contributed by atoms with Gasteiger partial charge in [0.15, 0.2) is 0 Å². The first-order valence-electron chi connectivity index (χ1n) is 5.86. The van der Waals surface area contributed by atoms with Crippen molar-refractivity contribution in [1.82, 2.24) is 15.2 Å². The second-order valence-electron chi connectivity index (χ2n) is 5.35. The molecule has 5 nitrogen and oxygen atoms in total. The zero-order valence-electron chi connectivity index (χ0n) is 11.5. The van der Waals surface area contributed by atoms with Crippen molar-refractivity contribution >= 4 is 27.7 Å². The molecule has 0 aromatic carbocycles. The highest BCUT2D eigenvalue weighted by Crippen LogP contribution is 2.11. The predicted molar refractivity (Wildman–Crippen MR) is 76.8 cm³/mol. The van der Waals surface area contributed by atoms with Gasteiger partial charge in [0, 0.05) is 29.5 Å². The van der Waals surface area contributed by atoms with Gasteiger partial charge in [-0.05, 0) is 42.8 Å². The van der Waals surface area contributed by atoms with E-state index < -0.39 is 0 Å². The van der Waals surface area contributed by atoms with Crippen LogP contribution in [-0.4, -0.2) is 40.8 Å². The summed E-state index contributed by atoms with van der Waals surface area (Å²) in [6.45, 7) is 5.70. The van der Waals surface area contributed by atoms with Crippen molar-refractivity contribution in [3.05, 3.63) is 28.5 Å². The van der Waals surface area contributed by atoms with Crippen molar-refractivity contribution in [1.29, 1.82) is 0 Å². The topological polar surface area (TPSA) is 62.3 Å². The number of halogens is 1. The van der Waals surface area contributed by atoms with Crippen LogP contribution in [0.3, 0.4) is 0 Å². The summed E-state index contributed by atoms with van der Waals surface area (Å²) in [5.41, 5.74) is 0.138. The zero-order valence-corrected chi connectivity index (χ0v) is 13.1. The molecule has 0 radical (unpaired) electrons. The Balaban J connectivity index is 2.66. The second kappa shape index (κ2) is 6.14. The maximum absolute atomic E-state index is 12.1. The number of nitrogens with one attached hydrogen (secondary N) is 1. The van der Waals surface area contributed by atoms with Crippen molar-refractivity contribution in [2.24, 2.45) is 0 Å². The van der Waals surface area contributed by atoms with Gasteiger partial charge in [-0.1, -0.05) is 0 Å². The number of carbonyl (C=O) groups is 2. The standard InChI is InChI=1S/C13H18BrN3O2/c1-13(2,3)16-11(18)8-17(4)12(19)9-5-10(14)7-15-6-9/h5-7H,8H2,1-4H3,(H,16,18). The van der Waals surface area contributed by atoms with Crippen molar-refractivity contribution in [3.63, 3.8) is 0 Å². The summed E-state index contributed by atoms with van der Waals surface area (Å²) >= 11 is 3.26. The summed E-state index contributed by atoms with van der Waals surface area (Å²) in [6, 6.07) is 1.67. The van der Waals surface area contributed by atoms with Crippen molar-refractivity contribution in [3.8, 4) is 0 Å². The van der Waals surface area contributed by atoms with E-state index >= 15 is 0 Å². The minimum absolute atomic E-state index is 0.0165. The Hall–Kier alpha value is -1.43. The highest BCUT2D eigenvalue weighted by molar-refractivity contribution is 9.10. The van der Waals surface area contributed by atoms with Crippen LogP contribution in [0.1, 0.15) is 31.1 Å². The van der Waals surface area contributed by atoms with Crippen LogP contribution in [0.5, 0.6) is 0 Å². The number of carbonyl (C=O) groups excluding carboxylic acids is 2. The maximum Gasteiger partial charge on any atom is 0.255 e. The van der Waals surface area contributed by atoms with Gasteiger partial charge in [0.1, 0.15) is 0 Å². The van der Waals surface area contributed by atoms with E-state index in [1.807, 2.05) is 20.8 Å². The van der Waals surface area contributed by atoms with E-state index in [-0.39, 0.29) is 23.9 Å². The van der Waals surface area contributed by atoms with E-state index in [4.69, 9.17) is 0 Å². The molecule has 104 valence electrons. The van der Waals surface area contributed by atoms with Gasteiger partial charge in [-0.3, -0.25) is 14.6 Å². The lowest BCUT2D eigenvalue weighted by Crippen LogP contribution is -2.46. The Morgan fingerprint density at radius 1 is 1.37 bits per heavy atom. The molecule has 0 aliphatic rings. The van der Waals surface area contributed by atoms with Crippen molar-refractivity contribution < 1.29 is 9.59 Å². The van der Waals surface area contributed by atoms with Crippen LogP contribution in [0.4, 0.5) is 0 Å². The number of aromatic nitrogens is 1. The molecule has 1 aromatic heterocycles. The average molecular weight is 328 g/mol. The minimum atomic E-state index is -0.307. The van der Waals surface area contributed by atoms with Crippen LogP contribution in [0.25, 0.3) is 0 Å². The molecule has 0 atom stereocenters. The Morgan fingerprint density at radius 3 is 2.53 bits per heavy atom. The van der Waals surface area contributed by atoms with Gasteiger partial charge in [-0.2, -0.15) is 0 Å². The van der Waals surface area contributed by atoms with E-state index in [1.165, 1.54) is 11.1 Å². The molecule has 1 rings (SSSR count). The Morgan fingerprint density at radius 2 is 2.00 bits per heavy atom. The molecule has 2 amide bonds. The number of hydrogen-bond donors (Lipinski definition) is 1. The summed E-state index contributed by atoms with van der Waals surface area (Å²) < 4.78 is 0.728. The third-order valence-corrected chi connectivity index (χ3v) is 2.63. The summed E-state index contributed by atoms with van der Waals surface area (Å²) in [5.74, 6) is -0.427. The van der Waals surface area contributed by atoms with E-state index in [0.717, 1.165) is 4.47 Å². The number of rotatable bonds is 3. The second-order valence-corrected chi connectivity index (χ2v) is 6.27. The fraction of sp³-hybridized carbons (Fsp3) is 0.462. The van der Waals surface area contributed by atoms with Gasteiger partial charge in [0.05, 0.1) is 12.1 Å². The normalized spacial score (nSPS) is 11.0. The molecule has 0 saturated heterocycles. The predicted octanol–water partition coefficient (Wildman–Crippen LogP) is 1.83. The molecule has 1 heterocycles. The number of likely N-dealkylation sites (N-methyl/N-ethyl adjacent to an activating group) is 1. The van der Waals surface area contributed by atoms with Crippen LogP contribution in [0.2, 0.25) is 0 Å². The lowest BCUT2D eigenvalue weighted by atomic mass is 10.1. The van der Waals surface area contributed by atoms with Crippen LogP contribution in [0, 0.1) is 0 Å². The molecule has 0 unspecified atom stereocenters. The van der Waals surface area contributed by atoms with Crippen LogP contribution in [0.15, 0.2) is 22.9 Å². The van der Waals surface area contributed by atoms with E-state index in [0.29, 0.717) is 5.56 Å². The Bertz CT molecular complexity index is 483. The molecular formula is C13H18BrN3O2. The summed E-state index contributed by atoms with van der Waals surface area (Å²) in [4.78, 5) is 29.1. The summed E-state index contributed by atoms with van der Waals surface area (Å²) in [7, 11) is 1.59. The molecule has 0 aliphatic heterocycles. The molecule has 0 saturated carbocycles. The fourth-order valence-electron chi connectivity index (χ4n) is 1.49. The van der Waals surface area contributed by atoms with Crippen LogP contribution < -0.4 is 5.32 Å². The number of pyridine rings is 1. The van der Waals surface area contributed by atoms with Crippen molar-refractivity contribution in [2.75, 3.05) is 13.6 Å². The van der Waals surface area contributed by atoms with Gasteiger partial charge in [-0.15, -0.1) is 0 Å². The lowest BCUT2D eigenvalue weighted by Gasteiger charge is -2.23. The number of amides is 2. The molecule has 0 bridgehead atoms. The monoisotopic (exact) mass is 327 g/mol. The molecule has 19 heavy (non-hydrogen) atoms. The smallest absolute Gasteiger partial charge is 0.255 e. The number of nitrogens with zero attached hydrogens (tertiary/aromatic N) is 2. The summed E-state index contributed by atoms with van der Waals surface area (Å²) in [6.07, 6.45) is 3.08. The lowest BCUT2D eigenvalue weighted by molar-refractivity contribution is -0.122. The molecule has 0 aliphatic carbocycles. The largest absolute Gasteiger partial charge is 0.350 e. The quantitative estimate of drug-likeness (QED) is 0.921. The number of hydrogen-bond acceptors (Lipinski definition) is 3. The maximum atomic E-state index is 12.1. The van der Waals surface area contributed by atoms with Gasteiger partial charge in [0.25, 0.3) is 5.91 Å². The minimum Gasteiger partial charge on any atom is -0.350 e. The average Bonchev–Trinajstić information content (AvgIpc) is 2.25. The van der Waals surface area contributed by atoms with Crippen LogP contribution >= 0.6 is 15.9 Å². The molecule has 6 heteroatoms.